The molecule has 1 saturated heterocycles. The maximum atomic E-state index is 13.3. The Balaban J connectivity index is 1.37. The molecule has 2 aliphatic rings. The Hall–Kier alpha value is -3.09. The van der Waals surface area contributed by atoms with Gasteiger partial charge >= 0.3 is 0 Å². The molecule has 32 heavy (non-hydrogen) atoms. The number of anilines is 1. The number of rotatable bonds is 6. The van der Waals surface area contributed by atoms with Gasteiger partial charge in [0.2, 0.25) is 0 Å². The number of nitrogens with one attached hydrogen (secondary N) is 1. The van der Waals surface area contributed by atoms with E-state index in [1.165, 1.54) is 18.5 Å². The second-order valence-corrected chi connectivity index (χ2v) is 8.88. The van der Waals surface area contributed by atoms with E-state index in [9.17, 15) is 4.79 Å². The maximum absolute atomic E-state index is 13.3. The number of likely N-dealkylation sites (tertiary alicyclic amines) is 1. The molecule has 1 aromatic carbocycles. The number of carbonyl (C=O) groups excluding carboxylic acids is 1. The van der Waals surface area contributed by atoms with Crippen molar-refractivity contribution in [2.75, 3.05) is 18.4 Å². The molecule has 1 aliphatic carbocycles. The molecule has 3 heterocycles. The van der Waals surface area contributed by atoms with E-state index in [0.29, 0.717) is 5.69 Å². The number of aryl methyl sites for hydroxylation is 1. The summed E-state index contributed by atoms with van der Waals surface area (Å²) < 4.78 is 7.53. The van der Waals surface area contributed by atoms with Gasteiger partial charge in [0.1, 0.15) is 0 Å². The predicted octanol–water partition coefficient (Wildman–Crippen LogP) is 4.54. The normalized spacial score (nSPS) is 18.4. The van der Waals surface area contributed by atoms with Crippen molar-refractivity contribution in [3.8, 4) is 11.3 Å². The Bertz CT molecular complexity index is 1070. The minimum absolute atomic E-state index is 0.115. The highest BCUT2D eigenvalue weighted by Gasteiger charge is 2.31. The molecule has 1 unspecified atom stereocenters. The number of nitrogens with zero attached hydrogens (tertiary/aromatic N) is 4. The van der Waals surface area contributed by atoms with E-state index < -0.39 is 0 Å². The Kier molecular flexibility index (Phi) is 5.97. The van der Waals surface area contributed by atoms with Crippen molar-refractivity contribution >= 4 is 11.6 Å². The molecule has 5 rings (SSSR count). The fourth-order valence-electron chi connectivity index (χ4n) is 4.98. The molecule has 1 N–H and O–H groups in total. The van der Waals surface area contributed by atoms with E-state index in [4.69, 9.17) is 9.52 Å². The zero-order valence-electron chi connectivity index (χ0n) is 18.7. The zero-order valence-corrected chi connectivity index (χ0v) is 18.7. The average Bonchev–Trinajstić information content (AvgIpc) is 3.49. The monoisotopic (exact) mass is 433 g/mol. The Morgan fingerprint density at radius 1 is 1.25 bits per heavy atom. The second-order valence-electron chi connectivity index (χ2n) is 8.88. The van der Waals surface area contributed by atoms with Crippen LogP contribution in [-0.2, 0) is 19.4 Å². The average molecular weight is 434 g/mol. The summed E-state index contributed by atoms with van der Waals surface area (Å²) in [5.41, 5.74) is 5.13. The number of fused-ring (bicyclic) bond motifs is 1. The largest absolute Gasteiger partial charge is 0.444 e. The molecular weight excluding hydrogens is 402 g/mol. The number of amides is 1. The molecule has 1 amide bonds. The topological polar surface area (TPSA) is 76.2 Å². The third-order valence-electron chi connectivity index (χ3n) is 6.58. The van der Waals surface area contributed by atoms with Crippen molar-refractivity contribution in [3.05, 3.63) is 53.8 Å². The fourth-order valence-corrected chi connectivity index (χ4v) is 4.98. The van der Waals surface area contributed by atoms with Crippen LogP contribution in [0, 0.1) is 0 Å². The summed E-state index contributed by atoms with van der Waals surface area (Å²) in [6.45, 7) is 4.73. The highest BCUT2D eigenvalue weighted by molar-refractivity contribution is 5.94. The summed E-state index contributed by atoms with van der Waals surface area (Å²) in [7, 11) is 0. The standard InChI is InChI=1S/C25H31N5O2/c1-2-11-30-22-10-9-20(27-19-8-6-7-18(14-19)23-16-26-17-32-23)15-21(22)24(28-30)25(31)29-12-4-3-5-13-29/h6-8,14,16-17,20,27H,2-5,9-13,15H2,1H3. The Morgan fingerprint density at radius 2 is 2.12 bits per heavy atom. The summed E-state index contributed by atoms with van der Waals surface area (Å²) in [5.74, 6) is 0.874. The van der Waals surface area contributed by atoms with Gasteiger partial charge in [-0.1, -0.05) is 19.1 Å². The van der Waals surface area contributed by atoms with Crippen LogP contribution in [0.5, 0.6) is 0 Å². The number of hydrogen-bond acceptors (Lipinski definition) is 5. The Morgan fingerprint density at radius 3 is 2.91 bits per heavy atom. The molecule has 0 bridgehead atoms. The number of aromatic nitrogens is 3. The molecular formula is C25H31N5O2. The van der Waals surface area contributed by atoms with Crippen molar-refractivity contribution in [2.24, 2.45) is 0 Å². The summed E-state index contributed by atoms with van der Waals surface area (Å²) in [5, 5.41) is 8.51. The van der Waals surface area contributed by atoms with Gasteiger partial charge in [-0.3, -0.25) is 9.48 Å². The van der Waals surface area contributed by atoms with E-state index in [0.717, 1.165) is 80.7 Å². The maximum Gasteiger partial charge on any atom is 0.274 e. The van der Waals surface area contributed by atoms with Crippen LogP contribution < -0.4 is 5.32 Å². The van der Waals surface area contributed by atoms with E-state index >= 15 is 0 Å². The number of oxazole rings is 1. The van der Waals surface area contributed by atoms with Crippen LogP contribution in [0.4, 0.5) is 5.69 Å². The minimum atomic E-state index is 0.115. The molecule has 1 aliphatic heterocycles. The van der Waals surface area contributed by atoms with E-state index in [-0.39, 0.29) is 11.9 Å². The first-order valence-corrected chi connectivity index (χ1v) is 11.9. The van der Waals surface area contributed by atoms with Gasteiger partial charge < -0.3 is 14.6 Å². The first-order valence-electron chi connectivity index (χ1n) is 11.9. The van der Waals surface area contributed by atoms with Gasteiger partial charge in [-0.15, -0.1) is 0 Å². The lowest BCUT2D eigenvalue weighted by atomic mass is 9.90. The molecule has 3 aromatic rings. The van der Waals surface area contributed by atoms with Crippen molar-refractivity contribution in [3.63, 3.8) is 0 Å². The van der Waals surface area contributed by atoms with Gasteiger partial charge in [0.25, 0.3) is 5.91 Å². The van der Waals surface area contributed by atoms with Crippen LogP contribution in [0.1, 0.15) is 60.8 Å². The highest BCUT2D eigenvalue weighted by atomic mass is 16.3. The molecule has 1 atom stereocenters. The summed E-state index contributed by atoms with van der Waals surface area (Å²) in [6.07, 6.45) is 10.4. The van der Waals surface area contributed by atoms with Crippen LogP contribution >= 0.6 is 0 Å². The molecule has 0 saturated carbocycles. The van der Waals surface area contributed by atoms with Crippen LogP contribution in [0.25, 0.3) is 11.3 Å². The predicted molar refractivity (Wildman–Crippen MR) is 124 cm³/mol. The minimum Gasteiger partial charge on any atom is -0.444 e. The molecule has 2 aromatic heterocycles. The van der Waals surface area contributed by atoms with Crippen molar-refractivity contribution in [1.29, 1.82) is 0 Å². The van der Waals surface area contributed by atoms with Gasteiger partial charge in [0, 0.05) is 48.2 Å². The van der Waals surface area contributed by atoms with E-state index in [2.05, 4.69) is 34.0 Å². The molecule has 168 valence electrons. The lowest BCUT2D eigenvalue weighted by molar-refractivity contribution is 0.0716. The quantitative estimate of drug-likeness (QED) is 0.617. The second kappa shape index (κ2) is 9.18. The van der Waals surface area contributed by atoms with E-state index in [1.54, 1.807) is 6.20 Å². The number of benzene rings is 1. The number of carbonyl (C=O) groups is 1. The third-order valence-corrected chi connectivity index (χ3v) is 6.58. The summed E-state index contributed by atoms with van der Waals surface area (Å²) in [4.78, 5) is 19.4. The molecule has 1 fully saturated rings. The van der Waals surface area contributed by atoms with Crippen LogP contribution in [0.15, 0.2) is 41.3 Å². The highest BCUT2D eigenvalue weighted by Crippen LogP contribution is 2.29. The summed E-state index contributed by atoms with van der Waals surface area (Å²) >= 11 is 0. The fraction of sp³-hybridized carbons (Fsp3) is 0.480. The first kappa shape index (κ1) is 20.8. The Labute approximate surface area is 188 Å². The van der Waals surface area contributed by atoms with E-state index in [1.807, 2.05) is 17.0 Å². The molecule has 0 radical (unpaired) electrons. The van der Waals surface area contributed by atoms with Crippen molar-refractivity contribution in [2.45, 2.75) is 64.5 Å². The van der Waals surface area contributed by atoms with Gasteiger partial charge in [-0.05, 0) is 57.1 Å². The van der Waals surface area contributed by atoms with Crippen molar-refractivity contribution < 1.29 is 9.21 Å². The van der Waals surface area contributed by atoms with Crippen molar-refractivity contribution in [1.82, 2.24) is 19.7 Å². The summed E-state index contributed by atoms with van der Waals surface area (Å²) in [6, 6.07) is 8.49. The molecule has 7 heteroatoms. The van der Waals surface area contributed by atoms with Gasteiger partial charge in [-0.25, -0.2) is 4.98 Å². The molecule has 0 spiro atoms. The lowest BCUT2D eigenvalue weighted by Crippen LogP contribution is -2.37. The van der Waals surface area contributed by atoms with Gasteiger partial charge in [0.05, 0.1) is 6.20 Å². The van der Waals surface area contributed by atoms with Crippen LogP contribution in [-0.4, -0.2) is 44.7 Å². The molecule has 7 nitrogen and oxygen atoms in total. The zero-order chi connectivity index (χ0) is 21.9. The SMILES string of the molecule is CCCn1nc(C(=O)N2CCCCC2)c2c1CCC(Nc1cccc(-c3cnco3)c1)C2. The smallest absolute Gasteiger partial charge is 0.274 e. The van der Waals surface area contributed by atoms with Gasteiger partial charge in [-0.2, -0.15) is 5.10 Å². The van der Waals surface area contributed by atoms with Crippen LogP contribution in [0.2, 0.25) is 0 Å². The number of hydrogen-bond donors (Lipinski definition) is 1. The van der Waals surface area contributed by atoms with Gasteiger partial charge in [0.15, 0.2) is 17.8 Å². The first-order chi connectivity index (χ1) is 15.7. The number of piperidine rings is 1. The lowest BCUT2D eigenvalue weighted by Gasteiger charge is -2.28. The third kappa shape index (κ3) is 4.16. The van der Waals surface area contributed by atoms with Crippen LogP contribution in [0.3, 0.4) is 0 Å².